The summed E-state index contributed by atoms with van der Waals surface area (Å²) in [5, 5.41) is 2.75. The van der Waals surface area contributed by atoms with Gasteiger partial charge in [-0.1, -0.05) is 17.7 Å². The number of nitrogens with zero attached hydrogens (tertiary/aromatic N) is 1. The third-order valence-electron chi connectivity index (χ3n) is 3.50. The molecule has 1 saturated heterocycles. The van der Waals surface area contributed by atoms with Crippen LogP contribution in [0.4, 0.5) is 0 Å². The summed E-state index contributed by atoms with van der Waals surface area (Å²) in [6.07, 6.45) is 0.784. The van der Waals surface area contributed by atoms with E-state index in [2.05, 4.69) is 5.32 Å². The highest BCUT2D eigenvalue weighted by Gasteiger charge is 2.32. The van der Waals surface area contributed by atoms with Crippen LogP contribution in [0.2, 0.25) is 0 Å². The van der Waals surface area contributed by atoms with Crippen molar-refractivity contribution in [1.29, 1.82) is 0 Å². The summed E-state index contributed by atoms with van der Waals surface area (Å²) in [7, 11) is -1.81. The molecule has 5 nitrogen and oxygen atoms in total. The first kappa shape index (κ1) is 16.3. The van der Waals surface area contributed by atoms with Crippen LogP contribution in [-0.2, 0) is 14.8 Å². The van der Waals surface area contributed by atoms with Gasteiger partial charge in [-0.2, -0.15) is 4.31 Å². The highest BCUT2D eigenvalue weighted by Crippen LogP contribution is 2.27. The van der Waals surface area contributed by atoms with Gasteiger partial charge in [-0.05, 0) is 25.5 Å². The molecule has 21 heavy (non-hydrogen) atoms. The Morgan fingerprint density at radius 1 is 1.38 bits per heavy atom. The van der Waals surface area contributed by atoms with Crippen molar-refractivity contribution < 1.29 is 13.2 Å². The first-order chi connectivity index (χ1) is 9.93. The van der Waals surface area contributed by atoms with E-state index in [1.54, 1.807) is 31.3 Å². The molecular formula is C14H20N2O3S2. The lowest BCUT2D eigenvalue weighted by atomic mass is 10.2. The van der Waals surface area contributed by atoms with Crippen molar-refractivity contribution in [2.75, 3.05) is 25.9 Å². The van der Waals surface area contributed by atoms with Gasteiger partial charge < -0.3 is 5.32 Å². The minimum absolute atomic E-state index is 0.0279. The molecule has 0 spiro atoms. The Bertz CT molecular complexity index is 599. The SMILES string of the molecule is CNC(=O)CS[C@@H]1CCN(S(=O)(=O)c2ccc(C)cc2)C1. The van der Waals surface area contributed by atoms with Crippen molar-refractivity contribution in [3.63, 3.8) is 0 Å². The number of benzene rings is 1. The molecule has 0 aromatic heterocycles. The average molecular weight is 328 g/mol. The van der Waals surface area contributed by atoms with Crippen molar-refractivity contribution in [2.24, 2.45) is 0 Å². The van der Waals surface area contributed by atoms with Crippen molar-refractivity contribution in [3.05, 3.63) is 29.8 Å². The van der Waals surface area contributed by atoms with E-state index >= 15 is 0 Å². The number of carbonyl (C=O) groups is 1. The molecule has 1 heterocycles. The predicted octanol–water partition coefficient (Wildman–Crippen LogP) is 1.24. The van der Waals surface area contributed by atoms with Gasteiger partial charge in [0.1, 0.15) is 0 Å². The predicted molar refractivity (Wildman–Crippen MR) is 84.9 cm³/mol. The van der Waals surface area contributed by atoms with Crippen LogP contribution in [-0.4, -0.2) is 49.8 Å². The molecule has 1 fully saturated rings. The lowest BCUT2D eigenvalue weighted by Crippen LogP contribution is -2.29. The van der Waals surface area contributed by atoms with Crippen molar-refractivity contribution in [1.82, 2.24) is 9.62 Å². The van der Waals surface area contributed by atoms with Gasteiger partial charge in [0.2, 0.25) is 15.9 Å². The molecule has 0 bridgehead atoms. The second-order valence-electron chi connectivity index (χ2n) is 5.07. The Labute approximate surface area is 130 Å². The van der Waals surface area contributed by atoms with Gasteiger partial charge in [0.15, 0.2) is 0 Å². The lowest BCUT2D eigenvalue weighted by molar-refractivity contribution is -0.118. The number of hydrogen-bond acceptors (Lipinski definition) is 4. The molecule has 0 radical (unpaired) electrons. The van der Waals surface area contributed by atoms with E-state index in [1.165, 1.54) is 16.1 Å². The van der Waals surface area contributed by atoms with Crippen LogP contribution in [0.15, 0.2) is 29.2 Å². The largest absolute Gasteiger partial charge is 0.358 e. The van der Waals surface area contributed by atoms with Gasteiger partial charge in [-0.3, -0.25) is 4.79 Å². The first-order valence-corrected chi connectivity index (χ1v) is 9.31. The Balaban J connectivity index is 1.99. The van der Waals surface area contributed by atoms with Crippen LogP contribution < -0.4 is 5.32 Å². The van der Waals surface area contributed by atoms with E-state index in [-0.39, 0.29) is 11.2 Å². The van der Waals surface area contributed by atoms with Crippen molar-refractivity contribution in [3.8, 4) is 0 Å². The zero-order chi connectivity index (χ0) is 15.5. The number of hydrogen-bond donors (Lipinski definition) is 1. The van der Waals surface area contributed by atoms with Crippen LogP contribution in [0.5, 0.6) is 0 Å². The van der Waals surface area contributed by atoms with Crippen molar-refractivity contribution in [2.45, 2.75) is 23.5 Å². The van der Waals surface area contributed by atoms with E-state index in [1.807, 2.05) is 6.92 Å². The number of aryl methyl sites for hydroxylation is 1. The third kappa shape index (κ3) is 3.99. The van der Waals surface area contributed by atoms with E-state index in [9.17, 15) is 13.2 Å². The summed E-state index contributed by atoms with van der Waals surface area (Å²) >= 11 is 1.52. The van der Waals surface area contributed by atoms with Gasteiger partial charge in [0, 0.05) is 25.4 Å². The Morgan fingerprint density at radius 2 is 2.05 bits per heavy atom. The number of thioether (sulfide) groups is 1. The minimum atomic E-state index is -3.41. The highest BCUT2D eigenvalue weighted by atomic mass is 32.2. The summed E-state index contributed by atoms with van der Waals surface area (Å²) in [6, 6.07) is 6.91. The summed E-state index contributed by atoms with van der Waals surface area (Å²) in [6.45, 7) is 2.91. The quantitative estimate of drug-likeness (QED) is 0.883. The maximum atomic E-state index is 12.5. The fraction of sp³-hybridized carbons (Fsp3) is 0.500. The fourth-order valence-electron chi connectivity index (χ4n) is 2.18. The molecule has 0 saturated carbocycles. The number of sulfonamides is 1. The fourth-order valence-corrected chi connectivity index (χ4v) is 4.86. The summed E-state index contributed by atoms with van der Waals surface area (Å²) < 4.78 is 26.6. The van der Waals surface area contributed by atoms with E-state index in [0.29, 0.717) is 23.7 Å². The van der Waals surface area contributed by atoms with Crippen LogP contribution in [0, 0.1) is 6.92 Å². The Hall–Kier alpha value is -1.05. The monoisotopic (exact) mass is 328 g/mol. The maximum absolute atomic E-state index is 12.5. The van der Waals surface area contributed by atoms with Gasteiger partial charge in [0.05, 0.1) is 10.6 Å². The molecule has 1 aliphatic rings. The molecule has 1 atom stereocenters. The second kappa shape index (κ2) is 6.81. The van der Waals surface area contributed by atoms with E-state index < -0.39 is 10.0 Å². The summed E-state index contributed by atoms with van der Waals surface area (Å²) in [5.74, 6) is 0.347. The number of nitrogens with one attached hydrogen (secondary N) is 1. The topological polar surface area (TPSA) is 66.5 Å². The zero-order valence-corrected chi connectivity index (χ0v) is 13.8. The smallest absolute Gasteiger partial charge is 0.243 e. The average Bonchev–Trinajstić information content (AvgIpc) is 2.95. The molecule has 1 amide bonds. The summed E-state index contributed by atoms with van der Waals surface area (Å²) in [5.41, 5.74) is 1.04. The normalized spacial score (nSPS) is 19.6. The van der Waals surface area contributed by atoms with Crippen molar-refractivity contribution >= 4 is 27.7 Å². The number of carbonyl (C=O) groups excluding carboxylic acids is 1. The first-order valence-electron chi connectivity index (χ1n) is 6.82. The molecule has 116 valence electrons. The van der Waals surface area contributed by atoms with Crippen LogP contribution in [0.25, 0.3) is 0 Å². The number of amides is 1. The van der Waals surface area contributed by atoms with Gasteiger partial charge >= 0.3 is 0 Å². The minimum Gasteiger partial charge on any atom is -0.358 e. The lowest BCUT2D eigenvalue weighted by Gasteiger charge is -2.16. The standard InChI is InChI=1S/C14H20N2O3S2/c1-11-3-5-13(6-4-11)21(18,19)16-8-7-12(9-16)20-10-14(17)15-2/h3-6,12H,7-10H2,1-2H3,(H,15,17)/t12-/m1/s1. The molecule has 1 aromatic rings. The Morgan fingerprint density at radius 3 is 2.67 bits per heavy atom. The molecular weight excluding hydrogens is 308 g/mol. The Kier molecular flexibility index (Phi) is 5.29. The van der Waals surface area contributed by atoms with Gasteiger partial charge in [0.25, 0.3) is 0 Å². The number of rotatable bonds is 5. The zero-order valence-electron chi connectivity index (χ0n) is 12.2. The van der Waals surface area contributed by atoms with Gasteiger partial charge in [-0.15, -0.1) is 11.8 Å². The highest BCUT2D eigenvalue weighted by molar-refractivity contribution is 8.00. The van der Waals surface area contributed by atoms with E-state index in [0.717, 1.165) is 12.0 Å². The second-order valence-corrected chi connectivity index (χ2v) is 8.30. The van der Waals surface area contributed by atoms with E-state index in [4.69, 9.17) is 0 Å². The summed E-state index contributed by atoms with van der Waals surface area (Å²) in [4.78, 5) is 11.6. The van der Waals surface area contributed by atoms with Crippen LogP contribution >= 0.6 is 11.8 Å². The van der Waals surface area contributed by atoms with Crippen LogP contribution in [0.1, 0.15) is 12.0 Å². The molecule has 1 aromatic carbocycles. The molecule has 2 rings (SSSR count). The molecule has 1 aliphatic heterocycles. The maximum Gasteiger partial charge on any atom is 0.243 e. The molecule has 7 heteroatoms. The molecule has 0 unspecified atom stereocenters. The van der Waals surface area contributed by atoms with Crippen LogP contribution in [0.3, 0.4) is 0 Å². The van der Waals surface area contributed by atoms with Gasteiger partial charge in [-0.25, -0.2) is 8.42 Å². The molecule has 0 aliphatic carbocycles. The molecule has 1 N–H and O–H groups in total. The third-order valence-corrected chi connectivity index (χ3v) is 6.66.